The van der Waals surface area contributed by atoms with Gasteiger partial charge < -0.3 is 10.1 Å². The molecule has 5 rings (SSSR count). The van der Waals surface area contributed by atoms with E-state index in [1.165, 1.54) is 17.8 Å². The van der Waals surface area contributed by atoms with Crippen molar-refractivity contribution in [3.05, 3.63) is 45.5 Å². The summed E-state index contributed by atoms with van der Waals surface area (Å²) in [5.41, 5.74) is 0.920. The van der Waals surface area contributed by atoms with Crippen molar-refractivity contribution in [2.45, 2.75) is 80.9 Å². The number of pyridine rings is 1. The van der Waals surface area contributed by atoms with Crippen LogP contribution in [0.1, 0.15) is 61.4 Å². The Kier molecular flexibility index (Phi) is 6.30. The monoisotopic (exact) mass is 494 g/mol. The van der Waals surface area contributed by atoms with Crippen molar-refractivity contribution >= 4 is 17.7 Å². The molecule has 1 amide bonds. The number of carbonyl (C=O) groups is 1. The van der Waals surface area contributed by atoms with Crippen molar-refractivity contribution < 1.29 is 22.7 Å². The second kappa shape index (κ2) is 9.24. The molecule has 7 nitrogen and oxygen atoms in total. The molecule has 182 valence electrons. The lowest BCUT2D eigenvalue weighted by Crippen LogP contribution is -2.41. The van der Waals surface area contributed by atoms with Gasteiger partial charge in [-0.2, -0.15) is 13.2 Å². The molecule has 34 heavy (non-hydrogen) atoms. The number of amides is 1. The third-order valence-electron chi connectivity index (χ3n) is 6.68. The maximum atomic E-state index is 12.9. The molecule has 3 aliphatic rings. The molecule has 11 heteroatoms. The first kappa shape index (κ1) is 23.2. The molecule has 0 aromatic carbocycles. The molecule has 2 aliphatic carbocycles. The summed E-state index contributed by atoms with van der Waals surface area (Å²) in [5, 5.41) is 3.80. The van der Waals surface area contributed by atoms with Gasteiger partial charge in [-0.25, -0.2) is 9.97 Å². The Bertz CT molecular complexity index is 1130. The SMILES string of the molecule is O=C(CC1CSc2nc3c(c(=O)n21)CCC3)NC1CCC(Oc2ccc(C(F)(F)F)cn2)CC1. The molecule has 1 fully saturated rings. The average molecular weight is 495 g/mol. The number of thioether (sulfide) groups is 1. The number of ether oxygens (including phenoxy) is 1. The summed E-state index contributed by atoms with van der Waals surface area (Å²) in [5.74, 6) is 0.752. The number of fused-ring (bicyclic) bond motifs is 2. The first-order chi connectivity index (χ1) is 16.3. The Balaban J connectivity index is 1.11. The number of nitrogens with zero attached hydrogens (tertiary/aromatic N) is 3. The number of rotatable bonds is 5. The number of halogens is 3. The van der Waals surface area contributed by atoms with Crippen LogP contribution in [0.25, 0.3) is 0 Å². The van der Waals surface area contributed by atoms with Crippen LogP contribution in [0.5, 0.6) is 5.88 Å². The van der Waals surface area contributed by atoms with E-state index >= 15 is 0 Å². The highest BCUT2D eigenvalue weighted by atomic mass is 32.2. The summed E-state index contributed by atoms with van der Waals surface area (Å²) < 4.78 is 45.4. The Morgan fingerprint density at radius 1 is 1.21 bits per heavy atom. The van der Waals surface area contributed by atoms with E-state index in [0.717, 1.165) is 47.9 Å². The van der Waals surface area contributed by atoms with Crippen molar-refractivity contribution in [3.8, 4) is 5.88 Å². The zero-order valence-electron chi connectivity index (χ0n) is 18.4. The topological polar surface area (TPSA) is 86.1 Å². The first-order valence-electron chi connectivity index (χ1n) is 11.5. The lowest BCUT2D eigenvalue weighted by Gasteiger charge is -2.29. The molecule has 1 atom stereocenters. The Labute approximate surface area is 198 Å². The highest BCUT2D eigenvalue weighted by molar-refractivity contribution is 7.99. The van der Waals surface area contributed by atoms with Gasteiger partial charge in [0.05, 0.1) is 17.3 Å². The normalized spacial score (nSPS) is 23.9. The Morgan fingerprint density at radius 3 is 2.71 bits per heavy atom. The highest BCUT2D eigenvalue weighted by Gasteiger charge is 2.33. The number of nitrogens with one attached hydrogen (secondary N) is 1. The fourth-order valence-corrected chi connectivity index (χ4v) is 6.07. The Hall–Kier alpha value is -2.56. The second-order valence-electron chi connectivity index (χ2n) is 9.06. The van der Waals surface area contributed by atoms with E-state index < -0.39 is 11.7 Å². The van der Waals surface area contributed by atoms with Gasteiger partial charge in [0.15, 0.2) is 5.16 Å². The van der Waals surface area contributed by atoms with Gasteiger partial charge in [-0.05, 0) is 51.0 Å². The molecule has 0 spiro atoms. The maximum Gasteiger partial charge on any atom is 0.417 e. The fourth-order valence-electron chi connectivity index (χ4n) is 4.92. The van der Waals surface area contributed by atoms with Crippen LogP contribution in [-0.4, -0.2) is 38.3 Å². The molecule has 1 aliphatic heterocycles. The standard InChI is InChI=1S/C23H25F3N4O3S/c24-23(25,26)13-4-9-20(27-11-13)33-16-7-5-14(6-8-16)28-19(31)10-15-12-34-22-29-18-3-1-2-17(18)21(32)30(15)22/h4,9,11,14-16H,1-3,5-8,10,12H2,(H,28,31). The van der Waals surface area contributed by atoms with Gasteiger partial charge in [-0.15, -0.1) is 0 Å². The minimum atomic E-state index is -4.43. The molecule has 1 N–H and O–H groups in total. The van der Waals surface area contributed by atoms with Crippen LogP contribution < -0.4 is 15.6 Å². The van der Waals surface area contributed by atoms with Gasteiger partial charge >= 0.3 is 6.18 Å². The third-order valence-corrected chi connectivity index (χ3v) is 7.78. The summed E-state index contributed by atoms with van der Waals surface area (Å²) in [7, 11) is 0. The third kappa shape index (κ3) is 4.80. The minimum Gasteiger partial charge on any atom is -0.474 e. The molecule has 2 aromatic heterocycles. The summed E-state index contributed by atoms with van der Waals surface area (Å²) >= 11 is 1.53. The number of alkyl halides is 3. The van der Waals surface area contributed by atoms with Crippen molar-refractivity contribution in [2.75, 3.05) is 5.75 Å². The maximum absolute atomic E-state index is 12.9. The van der Waals surface area contributed by atoms with E-state index in [1.807, 2.05) is 0 Å². The summed E-state index contributed by atoms with van der Waals surface area (Å²) in [4.78, 5) is 34.0. The quantitative estimate of drug-likeness (QED) is 0.639. The second-order valence-corrected chi connectivity index (χ2v) is 10.0. The van der Waals surface area contributed by atoms with Gasteiger partial charge in [0.25, 0.3) is 5.56 Å². The summed E-state index contributed by atoms with van der Waals surface area (Å²) in [6.07, 6.45) is 1.78. The van der Waals surface area contributed by atoms with Crippen molar-refractivity contribution in [2.24, 2.45) is 0 Å². The first-order valence-corrected chi connectivity index (χ1v) is 12.5. The lowest BCUT2D eigenvalue weighted by molar-refractivity contribution is -0.137. The van der Waals surface area contributed by atoms with Crippen LogP contribution >= 0.6 is 11.8 Å². The Morgan fingerprint density at radius 2 is 2.00 bits per heavy atom. The lowest BCUT2D eigenvalue weighted by atomic mass is 9.92. The number of carbonyl (C=O) groups excluding carboxylic acids is 1. The van der Waals surface area contributed by atoms with Crippen LogP contribution in [0.2, 0.25) is 0 Å². The number of aromatic nitrogens is 3. The zero-order chi connectivity index (χ0) is 23.9. The molecule has 0 bridgehead atoms. The van der Waals surface area contributed by atoms with E-state index in [9.17, 15) is 22.8 Å². The van der Waals surface area contributed by atoms with E-state index in [1.54, 1.807) is 4.57 Å². The number of hydrogen-bond donors (Lipinski definition) is 1. The molecule has 0 radical (unpaired) electrons. The van der Waals surface area contributed by atoms with Crippen LogP contribution in [-0.2, 0) is 23.8 Å². The van der Waals surface area contributed by atoms with Crippen LogP contribution in [0.3, 0.4) is 0 Å². The van der Waals surface area contributed by atoms with Crippen LogP contribution in [0.15, 0.2) is 28.3 Å². The van der Waals surface area contributed by atoms with E-state index in [2.05, 4.69) is 15.3 Å². The van der Waals surface area contributed by atoms with Gasteiger partial charge in [-0.3, -0.25) is 14.2 Å². The van der Waals surface area contributed by atoms with Gasteiger partial charge in [0.1, 0.15) is 6.10 Å². The van der Waals surface area contributed by atoms with Crippen molar-refractivity contribution in [1.82, 2.24) is 19.9 Å². The molecule has 1 saturated carbocycles. The van der Waals surface area contributed by atoms with Gasteiger partial charge in [0.2, 0.25) is 11.8 Å². The van der Waals surface area contributed by atoms with Crippen LogP contribution in [0.4, 0.5) is 13.2 Å². The van der Waals surface area contributed by atoms with E-state index in [4.69, 9.17) is 4.74 Å². The summed E-state index contributed by atoms with van der Waals surface area (Å²) in [6, 6.07) is 2.02. The fraction of sp³-hybridized carbons (Fsp3) is 0.565. The number of hydrogen-bond acceptors (Lipinski definition) is 6. The molecule has 2 aromatic rings. The smallest absolute Gasteiger partial charge is 0.417 e. The molecule has 3 heterocycles. The van der Waals surface area contributed by atoms with E-state index in [0.29, 0.717) is 31.4 Å². The predicted molar refractivity (Wildman–Crippen MR) is 119 cm³/mol. The van der Waals surface area contributed by atoms with Gasteiger partial charge in [0, 0.05) is 36.0 Å². The molecule has 0 saturated heterocycles. The molecular weight excluding hydrogens is 469 g/mol. The minimum absolute atomic E-state index is 0.00910. The van der Waals surface area contributed by atoms with Gasteiger partial charge in [-0.1, -0.05) is 11.8 Å². The predicted octanol–water partition coefficient (Wildman–Crippen LogP) is 3.69. The zero-order valence-corrected chi connectivity index (χ0v) is 19.3. The number of aryl methyl sites for hydroxylation is 1. The largest absolute Gasteiger partial charge is 0.474 e. The summed E-state index contributed by atoms with van der Waals surface area (Å²) in [6.45, 7) is 0. The molecular formula is C23H25F3N4O3S. The van der Waals surface area contributed by atoms with Crippen LogP contribution in [0, 0.1) is 0 Å². The van der Waals surface area contributed by atoms with Crippen molar-refractivity contribution in [1.29, 1.82) is 0 Å². The molecule has 1 unspecified atom stereocenters. The van der Waals surface area contributed by atoms with E-state index in [-0.39, 0.29) is 42.0 Å². The van der Waals surface area contributed by atoms with Crippen molar-refractivity contribution in [3.63, 3.8) is 0 Å². The average Bonchev–Trinajstić information content (AvgIpc) is 3.43. The highest BCUT2D eigenvalue weighted by Crippen LogP contribution is 2.34.